The summed E-state index contributed by atoms with van der Waals surface area (Å²) < 4.78 is 18.3. The second-order valence-electron chi connectivity index (χ2n) is 24.3. The maximum Gasteiger partial charge on any atom is 0.246 e. The lowest BCUT2D eigenvalue weighted by Gasteiger charge is -2.58. The minimum Gasteiger partial charge on any atom is -0.508 e. The molecule has 442 valence electrons. The molecule has 0 unspecified atom stereocenters. The Bertz CT molecular complexity index is 2750. The zero-order valence-corrected chi connectivity index (χ0v) is 49.3. The summed E-state index contributed by atoms with van der Waals surface area (Å²) in [6, 6.07) is 9.39. The van der Waals surface area contributed by atoms with Crippen LogP contribution in [-0.4, -0.2) is 100 Å². The zero-order chi connectivity index (χ0) is 58.1. The van der Waals surface area contributed by atoms with Gasteiger partial charge in [0.05, 0.1) is 26.0 Å². The van der Waals surface area contributed by atoms with E-state index in [-0.39, 0.29) is 103 Å². The highest BCUT2D eigenvalue weighted by Gasteiger charge is 2.59. The number of aromatic hydroxyl groups is 2. The van der Waals surface area contributed by atoms with Gasteiger partial charge in [-0.05, 0) is 158 Å². The number of fused-ring (bicyclic) bond motifs is 5. The van der Waals surface area contributed by atoms with Gasteiger partial charge in [-0.15, -0.1) is 5.10 Å². The van der Waals surface area contributed by atoms with E-state index in [0.29, 0.717) is 35.3 Å². The van der Waals surface area contributed by atoms with Crippen LogP contribution in [0.15, 0.2) is 77.7 Å². The summed E-state index contributed by atoms with van der Waals surface area (Å²) in [5.41, 5.74) is 4.04. The van der Waals surface area contributed by atoms with Crippen LogP contribution >= 0.6 is 0 Å². The topological polar surface area (TPSA) is 223 Å². The molecular weight excluding hydrogens is 1020 g/mol. The molecule has 3 amide bonds. The Morgan fingerprint density at radius 3 is 2.10 bits per heavy atom. The van der Waals surface area contributed by atoms with Crippen LogP contribution in [0, 0.1) is 46.3 Å². The van der Waals surface area contributed by atoms with E-state index in [1.165, 1.54) is 89.9 Å². The van der Waals surface area contributed by atoms with Gasteiger partial charge in [0.15, 0.2) is 28.8 Å². The number of nitrogens with one attached hydrogen (secondary N) is 3. The number of nitrogens with zero attached hydrogens (tertiary/aromatic N) is 3. The van der Waals surface area contributed by atoms with Crippen LogP contribution in [-0.2, 0) is 36.9 Å². The predicted octanol–water partition coefficient (Wildman–Crippen LogP) is 11.2. The molecule has 4 aliphatic carbocycles. The normalized spacial score (nSPS) is 24.0. The van der Waals surface area contributed by atoms with Crippen molar-refractivity contribution in [3.8, 4) is 23.0 Å². The second kappa shape index (κ2) is 29.5. The summed E-state index contributed by atoms with van der Waals surface area (Å²) in [6.45, 7) is 13.9. The van der Waals surface area contributed by atoms with Crippen molar-refractivity contribution in [1.29, 1.82) is 0 Å². The summed E-state index contributed by atoms with van der Waals surface area (Å²) in [4.78, 5) is 51.4. The number of carbonyl (C=O) groups excluding carboxylic acids is 4. The number of aromatic nitrogens is 3. The number of aliphatic hydroxyl groups excluding tert-OH is 1. The lowest BCUT2D eigenvalue weighted by Crippen LogP contribution is -2.51. The molecule has 81 heavy (non-hydrogen) atoms. The number of phenolic OH excluding ortho intramolecular Hbond substituents is 2. The third kappa shape index (κ3) is 16.8. The number of rotatable bonds is 30. The van der Waals surface area contributed by atoms with Crippen LogP contribution in [0.2, 0.25) is 0 Å². The molecule has 0 aliphatic heterocycles. The van der Waals surface area contributed by atoms with Crippen LogP contribution in [0.25, 0.3) is 12.2 Å². The average molecular weight is 1120 g/mol. The van der Waals surface area contributed by atoms with Crippen LogP contribution in [0.3, 0.4) is 0 Å². The Hall–Kier alpha value is -6.42. The molecule has 0 saturated heterocycles. The third-order valence-electron chi connectivity index (χ3n) is 18.5. The number of methoxy groups -OCH3 is 2. The van der Waals surface area contributed by atoms with Gasteiger partial charge in [0.1, 0.15) is 12.4 Å². The van der Waals surface area contributed by atoms with Crippen molar-refractivity contribution in [3.05, 3.63) is 94.5 Å². The number of ketones is 1. The highest BCUT2D eigenvalue weighted by Crippen LogP contribution is 2.67. The van der Waals surface area contributed by atoms with Crippen LogP contribution in [0.4, 0.5) is 0 Å². The number of aryl methyl sites for hydroxylation is 1. The number of amides is 3. The van der Waals surface area contributed by atoms with Gasteiger partial charge in [-0.25, -0.2) is 0 Å². The van der Waals surface area contributed by atoms with Gasteiger partial charge in [-0.1, -0.05) is 108 Å². The molecule has 3 aromatic rings. The van der Waals surface area contributed by atoms with Crippen molar-refractivity contribution >= 4 is 35.7 Å². The monoisotopic (exact) mass is 1120 g/mol. The number of ether oxygens (including phenoxy) is 3. The number of benzene rings is 2. The van der Waals surface area contributed by atoms with Crippen molar-refractivity contribution in [2.45, 2.75) is 163 Å². The van der Waals surface area contributed by atoms with E-state index in [2.05, 4.69) is 67.0 Å². The zero-order valence-electron chi connectivity index (χ0n) is 49.3. The van der Waals surface area contributed by atoms with Crippen molar-refractivity contribution in [2.24, 2.45) is 46.3 Å². The minimum atomic E-state index is -0.464. The Balaban J connectivity index is 0.741. The first-order valence-electron chi connectivity index (χ1n) is 30.0. The number of aliphatic hydroxyl groups is 1. The van der Waals surface area contributed by atoms with Crippen molar-refractivity contribution in [3.63, 3.8) is 0 Å². The van der Waals surface area contributed by atoms with Crippen molar-refractivity contribution in [1.82, 2.24) is 30.9 Å². The fraction of sp³-hybridized carbons (Fsp3) is 0.600. The first kappa shape index (κ1) is 62.2. The highest BCUT2D eigenvalue weighted by molar-refractivity contribution is 6.07. The van der Waals surface area contributed by atoms with E-state index in [1.54, 1.807) is 52.9 Å². The number of allylic oxidation sites excluding steroid dienone is 4. The summed E-state index contributed by atoms with van der Waals surface area (Å²) in [5.74, 6) is 3.95. The lowest BCUT2D eigenvalue weighted by atomic mass is 9.47. The molecule has 1 aromatic heterocycles. The third-order valence-corrected chi connectivity index (χ3v) is 18.5. The summed E-state index contributed by atoms with van der Waals surface area (Å²) >= 11 is 0. The van der Waals surface area contributed by atoms with E-state index < -0.39 is 5.78 Å². The lowest BCUT2D eigenvalue weighted by molar-refractivity contribution is -0.129. The summed E-state index contributed by atoms with van der Waals surface area (Å²) in [5, 5.41) is 48.2. The number of hydrogen-bond acceptors (Lipinski definition) is 12. The number of phenols is 2. The molecule has 16 heteroatoms. The van der Waals surface area contributed by atoms with Gasteiger partial charge in [0, 0.05) is 57.2 Å². The molecule has 2 aromatic carbocycles. The molecule has 3 saturated carbocycles. The highest BCUT2D eigenvalue weighted by atomic mass is 16.5. The van der Waals surface area contributed by atoms with Gasteiger partial charge >= 0.3 is 0 Å². The minimum absolute atomic E-state index is 0.00672. The van der Waals surface area contributed by atoms with Gasteiger partial charge in [-0.2, -0.15) is 0 Å². The fourth-order valence-corrected chi connectivity index (χ4v) is 14.0. The first-order chi connectivity index (χ1) is 38.9. The SMILES string of the molecule is COc1cc(/C=C/C(=O)/C(Cc2cn(CCCCCCNC(=O)CCNC(=O)CCNC(=O)CO[C@H]3CC[C@@]4(C)C(=CC[C@H]5[C@@H]6CC[C@H]([C@@H](C)CCCC(C)C)[C@@]6(C)CC[C@@H]54)C3)nn2)=C(O)/C=C/c2ccc(O)c(OC)c2)ccc1O. The molecule has 0 bridgehead atoms. The molecule has 3 fully saturated rings. The van der Waals surface area contributed by atoms with Gasteiger partial charge in [-0.3, -0.25) is 23.9 Å². The quantitative estimate of drug-likeness (QED) is 0.0121. The molecule has 0 spiro atoms. The standard InChI is InChI=1S/C65H92N6O10/c1-43(2)13-12-14-44(3)52-21-22-53-50-20-19-47-39-49(27-31-64(47,4)54(50)28-32-65(52,53)5)81-42-63(78)68-35-30-62(77)67-34-29-61(76)66-33-10-8-9-11-36-71-41-48(69-70-71)40-51(55(72)23-15-45-17-25-57(74)59(37-45)79-6)56(73)24-16-46-18-26-58(75)60(38-46)80-7/h15-19,23-26,37-38,41,43-44,49-50,52-54,72,74-75H,8-14,20-22,27-36,39-40,42H2,1-7H3,(H,66,76)(H,67,77)(H,68,78)/b23-15+,24-16+,55-51-/t44-,49-,50-,52+,53-,54-,64-,65+/m0/s1. The summed E-state index contributed by atoms with van der Waals surface area (Å²) in [6.07, 6.45) is 27.6. The second-order valence-corrected chi connectivity index (χ2v) is 24.3. The van der Waals surface area contributed by atoms with Crippen LogP contribution in [0.5, 0.6) is 23.0 Å². The average Bonchev–Trinajstić information content (AvgIpc) is 4.28. The van der Waals surface area contributed by atoms with Crippen LogP contribution < -0.4 is 25.4 Å². The van der Waals surface area contributed by atoms with E-state index >= 15 is 0 Å². The Kier molecular flexibility index (Phi) is 22.7. The van der Waals surface area contributed by atoms with Crippen LogP contribution in [0.1, 0.15) is 161 Å². The molecule has 8 atom stereocenters. The fourth-order valence-electron chi connectivity index (χ4n) is 14.0. The largest absolute Gasteiger partial charge is 0.508 e. The van der Waals surface area contributed by atoms with E-state index in [4.69, 9.17) is 14.2 Å². The van der Waals surface area contributed by atoms with Crippen molar-refractivity contribution < 1.29 is 48.7 Å². The molecule has 0 radical (unpaired) electrons. The first-order valence-corrected chi connectivity index (χ1v) is 30.0. The number of hydrogen-bond donors (Lipinski definition) is 6. The van der Waals surface area contributed by atoms with Crippen molar-refractivity contribution in [2.75, 3.05) is 40.5 Å². The predicted molar refractivity (Wildman–Crippen MR) is 315 cm³/mol. The van der Waals surface area contributed by atoms with E-state index in [9.17, 15) is 34.5 Å². The van der Waals surface area contributed by atoms with E-state index in [0.717, 1.165) is 80.5 Å². The van der Waals surface area contributed by atoms with E-state index in [1.807, 2.05) is 0 Å². The molecule has 4 aliphatic rings. The Labute approximate surface area is 480 Å². The van der Waals surface area contributed by atoms with Gasteiger partial charge in [0.2, 0.25) is 17.7 Å². The molecular formula is C65H92N6O10. The number of carbonyl (C=O) groups is 4. The molecule has 1 heterocycles. The molecule has 7 rings (SSSR count). The molecule has 6 N–H and O–H groups in total. The summed E-state index contributed by atoms with van der Waals surface area (Å²) in [7, 11) is 2.87. The van der Waals surface area contributed by atoms with Gasteiger partial charge in [0.25, 0.3) is 0 Å². The Morgan fingerprint density at radius 2 is 1.42 bits per heavy atom. The maximum absolute atomic E-state index is 13.6. The number of unbranched alkanes of at least 4 members (excludes halogenated alkanes) is 3. The maximum atomic E-state index is 13.6. The molecule has 16 nitrogen and oxygen atoms in total. The van der Waals surface area contributed by atoms with Gasteiger partial charge < -0.3 is 45.5 Å². The smallest absolute Gasteiger partial charge is 0.246 e. The Morgan fingerprint density at radius 1 is 0.765 bits per heavy atom.